The van der Waals surface area contributed by atoms with Crippen LogP contribution in [0, 0.1) is 0 Å². The average molecular weight is 378 g/mol. The molecule has 1 fully saturated rings. The number of aromatic nitrogens is 1. The van der Waals surface area contributed by atoms with E-state index >= 15 is 0 Å². The van der Waals surface area contributed by atoms with E-state index in [1.807, 2.05) is 28.0 Å². The highest BCUT2D eigenvalue weighted by Gasteiger charge is 2.26. The summed E-state index contributed by atoms with van der Waals surface area (Å²) in [6.07, 6.45) is 5.05. The first kappa shape index (κ1) is 18.6. The van der Waals surface area contributed by atoms with Crippen molar-refractivity contribution in [2.24, 2.45) is 0 Å². The van der Waals surface area contributed by atoms with E-state index in [1.54, 1.807) is 18.5 Å². The fraction of sp³-hybridized carbons (Fsp3) is 0.409. The zero-order valence-electron chi connectivity index (χ0n) is 16.3. The number of benzene rings is 1. The third-order valence-electron chi connectivity index (χ3n) is 5.69. The molecule has 0 N–H and O–H groups in total. The van der Waals surface area contributed by atoms with Gasteiger partial charge in [0.25, 0.3) is 11.8 Å². The molecule has 0 aliphatic carbocycles. The fourth-order valence-corrected chi connectivity index (χ4v) is 4.02. The number of anilines is 1. The number of carbonyl (C=O) groups is 2. The molecular weight excluding hydrogens is 352 g/mol. The predicted octanol–water partition coefficient (Wildman–Crippen LogP) is 2.45. The quantitative estimate of drug-likeness (QED) is 0.823. The van der Waals surface area contributed by atoms with Gasteiger partial charge in [-0.1, -0.05) is 25.1 Å². The zero-order valence-corrected chi connectivity index (χ0v) is 16.3. The molecule has 2 aromatic rings. The second kappa shape index (κ2) is 8.10. The Kier molecular flexibility index (Phi) is 5.39. The van der Waals surface area contributed by atoms with Crippen LogP contribution < -0.4 is 4.90 Å². The summed E-state index contributed by atoms with van der Waals surface area (Å²) in [6, 6.07) is 9.72. The van der Waals surface area contributed by atoms with E-state index in [1.165, 1.54) is 5.56 Å². The Balaban J connectivity index is 1.53. The Morgan fingerprint density at radius 2 is 1.68 bits per heavy atom. The number of nitrogens with zero attached hydrogens (tertiary/aromatic N) is 4. The zero-order chi connectivity index (χ0) is 19.5. The van der Waals surface area contributed by atoms with Crippen LogP contribution >= 0.6 is 0 Å². The van der Waals surface area contributed by atoms with Gasteiger partial charge in [0.1, 0.15) is 0 Å². The molecule has 3 heterocycles. The Morgan fingerprint density at radius 1 is 0.964 bits per heavy atom. The van der Waals surface area contributed by atoms with Crippen LogP contribution in [0.2, 0.25) is 0 Å². The van der Waals surface area contributed by atoms with E-state index in [-0.39, 0.29) is 11.8 Å². The maximum absolute atomic E-state index is 13.1. The summed E-state index contributed by atoms with van der Waals surface area (Å²) in [5, 5.41) is 0. The smallest absolute Gasteiger partial charge is 0.259 e. The molecule has 4 rings (SSSR count). The lowest BCUT2D eigenvalue weighted by atomic mass is 10.0. The number of piperazine rings is 1. The number of hydrogen-bond donors (Lipinski definition) is 0. The number of amides is 2. The summed E-state index contributed by atoms with van der Waals surface area (Å²) in [4.78, 5) is 36.2. The lowest BCUT2D eigenvalue weighted by molar-refractivity contribution is 0.0643. The Morgan fingerprint density at radius 3 is 2.43 bits per heavy atom. The maximum Gasteiger partial charge on any atom is 0.259 e. The molecule has 1 aromatic heterocycles. The van der Waals surface area contributed by atoms with Crippen molar-refractivity contribution in [3.63, 3.8) is 0 Å². The van der Waals surface area contributed by atoms with Crippen LogP contribution in [0.25, 0.3) is 0 Å². The third kappa shape index (κ3) is 3.64. The number of pyridine rings is 1. The lowest BCUT2D eigenvalue weighted by Gasteiger charge is -2.34. The summed E-state index contributed by atoms with van der Waals surface area (Å²) in [6.45, 7) is 7.03. The van der Waals surface area contributed by atoms with Gasteiger partial charge < -0.3 is 14.7 Å². The average Bonchev–Trinajstić information content (AvgIpc) is 2.78. The van der Waals surface area contributed by atoms with Crippen molar-refractivity contribution in [2.45, 2.75) is 19.8 Å². The van der Waals surface area contributed by atoms with E-state index in [2.05, 4.69) is 22.9 Å². The van der Waals surface area contributed by atoms with Crippen LogP contribution in [0.1, 0.15) is 39.6 Å². The molecule has 146 valence electrons. The van der Waals surface area contributed by atoms with Crippen LogP contribution in [-0.2, 0) is 6.42 Å². The number of hydrogen-bond acceptors (Lipinski definition) is 4. The van der Waals surface area contributed by atoms with Crippen molar-refractivity contribution in [2.75, 3.05) is 44.2 Å². The first-order chi connectivity index (χ1) is 13.7. The van der Waals surface area contributed by atoms with Gasteiger partial charge in [0, 0.05) is 50.8 Å². The molecule has 0 saturated carbocycles. The second-order valence-corrected chi connectivity index (χ2v) is 7.38. The first-order valence-electron chi connectivity index (χ1n) is 10.0. The Hall–Kier alpha value is -2.73. The van der Waals surface area contributed by atoms with Gasteiger partial charge in [-0.25, -0.2) is 0 Å². The van der Waals surface area contributed by atoms with Gasteiger partial charge >= 0.3 is 0 Å². The maximum atomic E-state index is 13.1. The molecule has 2 aliphatic rings. The van der Waals surface area contributed by atoms with Crippen molar-refractivity contribution in [3.8, 4) is 0 Å². The largest absolute Gasteiger partial charge is 0.336 e. The van der Waals surface area contributed by atoms with Gasteiger partial charge in [0.15, 0.2) is 0 Å². The number of likely N-dealkylation sites (N-methyl/N-ethyl adjacent to an activating group) is 1. The highest BCUT2D eigenvalue weighted by atomic mass is 16.2. The molecule has 6 heteroatoms. The second-order valence-electron chi connectivity index (χ2n) is 7.38. The molecule has 28 heavy (non-hydrogen) atoms. The summed E-state index contributed by atoms with van der Waals surface area (Å²) < 4.78 is 0. The minimum absolute atomic E-state index is 0.0445. The van der Waals surface area contributed by atoms with Crippen molar-refractivity contribution in [1.82, 2.24) is 14.8 Å². The Labute approximate surface area is 165 Å². The summed E-state index contributed by atoms with van der Waals surface area (Å²) in [7, 11) is 0. The van der Waals surface area contributed by atoms with E-state index in [0.29, 0.717) is 30.8 Å². The van der Waals surface area contributed by atoms with Crippen molar-refractivity contribution < 1.29 is 9.59 Å². The van der Waals surface area contributed by atoms with E-state index in [4.69, 9.17) is 0 Å². The molecular formula is C22H26N4O2. The first-order valence-corrected chi connectivity index (χ1v) is 10.0. The van der Waals surface area contributed by atoms with Crippen LogP contribution in [0.15, 0.2) is 42.7 Å². The van der Waals surface area contributed by atoms with Gasteiger partial charge in [-0.2, -0.15) is 0 Å². The highest BCUT2D eigenvalue weighted by Crippen LogP contribution is 2.28. The number of carbonyl (C=O) groups excluding carboxylic acids is 2. The van der Waals surface area contributed by atoms with Gasteiger partial charge in [0.2, 0.25) is 0 Å². The van der Waals surface area contributed by atoms with Gasteiger partial charge in [-0.05, 0) is 37.1 Å². The molecule has 0 radical (unpaired) electrons. The number of rotatable bonds is 3. The molecule has 0 atom stereocenters. The molecule has 6 nitrogen and oxygen atoms in total. The topological polar surface area (TPSA) is 56.8 Å². The van der Waals surface area contributed by atoms with Crippen LogP contribution in [0.3, 0.4) is 0 Å². The van der Waals surface area contributed by atoms with Gasteiger partial charge in [-0.3, -0.25) is 14.6 Å². The van der Waals surface area contributed by atoms with Crippen molar-refractivity contribution >= 4 is 17.5 Å². The number of fused-ring (bicyclic) bond motifs is 1. The molecule has 1 saturated heterocycles. The van der Waals surface area contributed by atoms with E-state index in [9.17, 15) is 9.59 Å². The molecule has 2 aliphatic heterocycles. The van der Waals surface area contributed by atoms with E-state index < -0.39 is 0 Å². The van der Waals surface area contributed by atoms with Crippen molar-refractivity contribution in [3.05, 3.63) is 59.4 Å². The standard InChI is InChI=1S/C22H26N4O2/c1-2-24-10-12-25(13-11-24)21(27)18-14-19(16-23-15-18)22(28)26-9-5-7-17-6-3-4-8-20(17)26/h3-4,6,8,14-16H,2,5,7,9-13H2,1H3. The van der Waals surface area contributed by atoms with E-state index in [0.717, 1.165) is 38.2 Å². The predicted molar refractivity (Wildman–Crippen MR) is 109 cm³/mol. The molecule has 0 unspecified atom stereocenters. The normalized spacial score (nSPS) is 17.3. The number of aryl methyl sites for hydroxylation is 1. The Bertz CT molecular complexity index is 874. The fourth-order valence-electron chi connectivity index (χ4n) is 4.02. The minimum atomic E-state index is -0.0925. The third-order valence-corrected chi connectivity index (χ3v) is 5.69. The van der Waals surface area contributed by atoms with Crippen LogP contribution in [0.5, 0.6) is 0 Å². The molecule has 0 bridgehead atoms. The number of para-hydroxylation sites is 1. The molecule has 1 aromatic carbocycles. The molecule has 2 amide bonds. The lowest BCUT2D eigenvalue weighted by Crippen LogP contribution is -2.48. The van der Waals surface area contributed by atoms with Gasteiger partial charge in [0.05, 0.1) is 11.1 Å². The molecule has 0 spiro atoms. The summed E-state index contributed by atoms with van der Waals surface area (Å²) in [5.74, 6) is -0.137. The van der Waals surface area contributed by atoms with Crippen LogP contribution in [-0.4, -0.2) is 65.9 Å². The van der Waals surface area contributed by atoms with Crippen LogP contribution in [0.4, 0.5) is 5.69 Å². The monoisotopic (exact) mass is 378 g/mol. The minimum Gasteiger partial charge on any atom is -0.336 e. The highest BCUT2D eigenvalue weighted by molar-refractivity contribution is 6.08. The SMILES string of the molecule is CCN1CCN(C(=O)c2cncc(C(=O)N3CCCc4ccccc43)c2)CC1. The summed E-state index contributed by atoms with van der Waals surface area (Å²) >= 11 is 0. The van der Waals surface area contributed by atoms with Gasteiger partial charge in [-0.15, -0.1) is 0 Å². The summed E-state index contributed by atoms with van der Waals surface area (Å²) in [5.41, 5.74) is 3.11. The van der Waals surface area contributed by atoms with Crippen molar-refractivity contribution in [1.29, 1.82) is 0 Å².